The van der Waals surface area contributed by atoms with Crippen LogP contribution >= 0.6 is 0 Å². The zero-order valence-electron chi connectivity index (χ0n) is 11.0. The molecular formula is C16H19N3. The second kappa shape index (κ2) is 5.49. The van der Waals surface area contributed by atoms with Gasteiger partial charge in [0.05, 0.1) is 11.4 Å². The van der Waals surface area contributed by atoms with Gasteiger partial charge in [-0.2, -0.15) is 0 Å². The fourth-order valence-corrected chi connectivity index (χ4v) is 2.83. The Bertz CT molecular complexity index is 539. The molecule has 2 unspecified atom stereocenters. The van der Waals surface area contributed by atoms with Crippen LogP contribution in [0.25, 0.3) is 11.4 Å². The van der Waals surface area contributed by atoms with Crippen molar-refractivity contribution in [2.45, 2.75) is 37.6 Å². The zero-order valence-corrected chi connectivity index (χ0v) is 11.0. The molecule has 3 nitrogen and oxygen atoms in total. The highest BCUT2D eigenvalue weighted by Crippen LogP contribution is 2.31. The Hall–Kier alpha value is -1.74. The molecule has 1 fully saturated rings. The van der Waals surface area contributed by atoms with Crippen molar-refractivity contribution in [1.29, 1.82) is 0 Å². The van der Waals surface area contributed by atoms with Crippen molar-refractivity contribution in [3.63, 3.8) is 0 Å². The summed E-state index contributed by atoms with van der Waals surface area (Å²) in [5.74, 6) is 0.507. The van der Waals surface area contributed by atoms with Gasteiger partial charge in [0.2, 0.25) is 0 Å². The van der Waals surface area contributed by atoms with Gasteiger partial charge in [0.1, 0.15) is 0 Å². The molecule has 2 aromatic heterocycles. The van der Waals surface area contributed by atoms with Crippen LogP contribution in [0.15, 0.2) is 42.6 Å². The van der Waals surface area contributed by atoms with E-state index >= 15 is 0 Å². The van der Waals surface area contributed by atoms with Gasteiger partial charge in [0, 0.05) is 23.9 Å². The monoisotopic (exact) mass is 253 g/mol. The van der Waals surface area contributed by atoms with Crippen LogP contribution in [0.2, 0.25) is 0 Å². The normalized spacial score (nSPS) is 23.2. The molecule has 2 atom stereocenters. The first-order chi connectivity index (χ1) is 9.33. The number of pyridine rings is 2. The van der Waals surface area contributed by atoms with Crippen LogP contribution in [0.3, 0.4) is 0 Å². The van der Waals surface area contributed by atoms with Gasteiger partial charge in [0.15, 0.2) is 0 Å². The van der Waals surface area contributed by atoms with Crippen molar-refractivity contribution in [1.82, 2.24) is 9.97 Å². The second-order valence-corrected chi connectivity index (χ2v) is 5.29. The van der Waals surface area contributed by atoms with Crippen molar-refractivity contribution in [2.75, 3.05) is 0 Å². The van der Waals surface area contributed by atoms with Gasteiger partial charge in [0.25, 0.3) is 0 Å². The van der Waals surface area contributed by atoms with Gasteiger partial charge >= 0.3 is 0 Å². The average molecular weight is 253 g/mol. The average Bonchev–Trinajstić information content (AvgIpc) is 2.48. The van der Waals surface area contributed by atoms with Crippen LogP contribution in [0, 0.1) is 0 Å². The molecule has 0 radical (unpaired) electrons. The third kappa shape index (κ3) is 2.82. The van der Waals surface area contributed by atoms with Crippen molar-refractivity contribution >= 4 is 0 Å². The maximum Gasteiger partial charge on any atom is 0.0889 e. The SMILES string of the molecule is NC1CCCC(c2cccc(-c3ccccn3)n2)C1. The largest absolute Gasteiger partial charge is 0.328 e. The van der Waals surface area contributed by atoms with E-state index in [1.165, 1.54) is 18.5 Å². The van der Waals surface area contributed by atoms with Crippen molar-refractivity contribution in [2.24, 2.45) is 5.73 Å². The predicted molar refractivity (Wildman–Crippen MR) is 76.7 cm³/mol. The molecule has 0 saturated heterocycles. The first-order valence-electron chi connectivity index (χ1n) is 6.97. The van der Waals surface area contributed by atoms with Crippen LogP contribution in [0.4, 0.5) is 0 Å². The molecule has 19 heavy (non-hydrogen) atoms. The molecule has 2 aromatic rings. The lowest BCUT2D eigenvalue weighted by Crippen LogP contribution is -2.27. The molecule has 3 heteroatoms. The molecule has 98 valence electrons. The molecule has 0 aliphatic heterocycles. The molecular weight excluding hydrogens is 234 g/mol. The molecule has 2 N–H and O–H groups in total. The highest BCUT2D eigenvalue weighted by Gasteiger charge is 2.21. The summed E-state index contributed by atoms with van der Waals surface area (Å²) in [6.07, 6.45) is 6.42. The van der Waals surface area contributed by atoms with E-state index < -0.39 is 0 Å². The number of hydrogen-bond acceptors (Lipinski definition) is 3. The Morgan fingerprint density at radius 3 is 2.68 bits per heavy atom. The Balaban J connectivity index is 1.88. The summed E-state index contributed by atoms with van der Waals surface area (Å²) in [5, 5.41) is 0. The van der Waals surface area contributed by atoms with Crippen LogP contribution in [0.5, 0.6) is 0 Å². The summed E-state index contributed by atoms with van der Waals surface area (Å²) < 4.78 is 0. The van der Waals surface area contributed by atoms with E-state index in [0.29, 0.717) is 12.0 Å². The van der Waals surface area contributed by atoms with Crippen LogP contribution in [-0.4, -0.2) is 16.0 Å². The zero-order chi connectivity index (χ0) is 13.1. The lowest BCUT2D eigenvalue weighted by molar-refractivity contribution is 0.388. The molecule has 0 amide bonds. The minimum absolute atomic E-state index is 0.332. The minimum Gasteiger partial charge on any atom is -0.328 e. The number of nitrogens with zero attached hydrogens (tertiary/aromatic N) is 2. The van der Waals surface area contributed by atoms with Gasteiger partial charge in [-0.3, -0.25) is 9.97 Å². The fraction of sp³-hybridized carbons (Fsp3) is 0.375. The predicted octanol–water partition coefficient (Wildman–Crippen LogP) is 3.13. The van der Waals surface area contributed by atoms with Gasteiger partial charge in [-0.05, 0) is 43.5 Å². The number of hydrogen-bond donors (Lipinski definition) is 1. The number of rotatable bonds is 2. The fourth-order valence-electron chi connectivity index (χ4n) is 2.83. The summed E-state index contributed by atoms with van der Waals surface area (Å²) >= 11 is 0. The molecule has 1 aliphatic carbocycles. The van der Waals surface area contributed by atoms with Gasteiger partial charge in [-0.1, -0.05) is 18.6 Å². The molecule has 0 aromatic carbocycles. The van der Waals surface area contributed by atoms with Crippen molar-refractivity contribution in [3.05, 3.63) is 48.3 Å². The van der Waals surface area contributed by atoms with E-state index in [4.69, 9.17) is 10.7 Å². The van der Waals surface area contributed by atoms with E-state index in [2.05, 4.69) is 17.1 Å². The molecule has 0 bridgehead atoms. The van der Waals surface area contributed by atoms with E-state index in [-0.39, 0.29) is 0 Å². The van der Waals surface area contributed by atoms with Crippen LogP contribution < -0.4 is 5.73 Å². The smallest absolute Gasteiger partial charge is 0.0889 e. The molecule has 3 rings (SSSR count). The topological polar surface area (TPSA) is 51.8 Å². The quantitative estimate of drug-likeness (QED) is 0.894. The number of aromatic nitrogens is 2. The summed E-state index contributed by atoms with van der Waals surface area (Å²) in [6.45, 7) is 0. The molecule has 2 heterocycles. The standard InChI is InChI=1S/C16H19N3/c17-13-6-3-5-12(11-13)14-8-4-9-16(19-14)15-7-1-2-10-18-15/h1-2,4,7-10,12-13H,3,5-6,11,17H2. The lowest BCUT2D eigenvalue weighted by atomic mass is 9.84. The minimum atomic E-state index is 0.332. The van der Waals surface area contributed by atoms with E-state index in [0.717, 1.165) is 24.2 Å². The molecule has 1 saturated carbocycles. The van der Waals surface area contributed by atoms with E-state index in [1.807, 2.05) is 24.3 Å². The Morgan fingerprint density at radius 2 is 1.89 bits per heavy atom. The first kappa shape index (κ1) is 12.3. The van der Waals surface area contributed by atoms with Crippen LogP contribution in [0.1, 0.15) is 37.3 Å². The lowest BCUT2D eigenvalue weighted by Gasteiger charge is -2.26. The maximum absolute atomic E-state index is 6.07. The summed E-state index contributed by atoms with van der Waals surface area (Å²) in [4.78, 5) is 9.15. The van der Waals surface area contributed by atoms with Crippen LogP contribution in [-0.2, 0) is 0 Å². The first-order valence-corrected chi connectivity index (χ1v) is 6.97. The van der Waals surface area contributed by atoms with Gasteiger partial charge in [-0.25, -0.2) is 0 Å². The summed E-state index contributed by atoms with van der Waals surface area (Å²) in [5.41, 5.74) is 9.13. The highest BCUT2D eigenvalue weighted by atomic mass is 14.8. The third-order valence-electron chi connectivity index (χ3n) is 3.83. The highest BCUT2D eigenvalue weighted by molar-refractivity contribution is 5.53. The summed E-state index contributed by atoms with van der Waals surface area (Å²) in [7, 11) is 0. The van der Waals surface area contributed by atoms with Gasteiger partial charge < -0.3 is 5.73 Å². The Morgan fingerprint density at radius 1 is 1.00 bits per heavy atom. The second-order valence-electron chi connectivity index (χ2n) is 5.29. The molecule has 1 aliphatic rings. The van der Waals surface area contributed by atoms with Crippen molar-refractivity contribution in [3.8, 4) is 11.4 Å². The van der Waals surface area contributed by atoms with E-state index in [9.17, 15) is 0 Å². The Kier molecular flexibility index (Phi) is 3.56. The molecule has 0 spiro atoms. The van der Waals surface area contributed by atoms with Crippen molar-refractivity contribution < 1.29 is 0 Å². The summed E-state index contributed by atoms with van der Waals surface area (Å²) in [6, 6.07) is 12.5. The van der Waals surface area contributed by atoms with Gasteiger partial charge in [-0.15, -0.1) is 0 Å². The van der Waals surface area contributed by atoms with E-state index in [1.54, 1.807) is 6.20 Å². The maximum atomic E-state index is 6.07. The third-order valence-corrected chi connectivity index (χ3v) is 3.83. The number of nitrogens with two attached hydrogens (primary N) is 1. The Labute approximate surface area is 113 Å².